The Morgan fingerprint density at radius 3 is 2.28 bits per heavy atom. The molecule has 1 aromatic heterocycles. The topological polar surface area (TPSA) is 200 Å². The molecule has 0 saturated carbocycles. The van der Waals surface area contributed by atoms with Crippen molar-refractivity contribution in [2.45, 2.75) is 31.0 Å². The first-order chi connectivity index (χ1) is 15.3. The number of carbonyl (C=O) groups excluding carboxylic acids is 3. The van der Waals surface area contributed by atoms with Crippen molar-refractivity contribution in [3.8, 4) is 0 Å². The molecular formula is C20H26N6O6. The van der Waals surface area contributed by atoms with Gasteiger partial charge in [-0.25, -0.2) is 4.98 Å². The van der Waals surface area contributed by atoms with Gasteiger partial charge in [0.25, 0.3) is 0 Å². The summed E-state index contributed by atoms with van der Waals surface area (Å²) in [5.74, 6) is -3.46. The van der Waals surface area contributed by atoms with Gasteiger partial charge in [-0.15, -0.1) is 0 Å². The molecule has 1 heterocycles. The van der Waals surface area contributed by atoms with Crippen LogP contribution in [0.25, 0.3) is 0 Å². The molecule has 0 saturated heterocycles. The Kier molecular flexibility index (Phi) is 9.32. The number of aliphatic hydroxyl groups excluding tert-OH is 1. The summed E-state index contributed by atoms with van der Waals surface area (Å²) in [5.41, 5.74) is 7.18. The smallest absolute Gasteiger partial charge is 0.322 e. The minimum atomic E-state index is -1.36. The van der Waals surface area contributed by atoms with Crippen molar-refractivity contribution < 1.29 is 29.4 Å². The first-order valence-corrected chi connectivity index (χ1v) is 9.78. The van der Waals surface area contributed by atoms with E-state index in [2.05, 4.69) is 25.9 Å². The quantitative estimate of drug-likeness (QED) is 0.188. The number of hydrogen-bond acceptors (Lipinski definition) is 7. The fourth-order valence-corrected chi connectivity index (χ4v) is 2.82. The van der Waals surface area contributed by atoms with Crippen molar-refractivity contribution in [3.05, 3.63) is 54.1 Å². The average Bonchev–Trinajstić information content (AvgIpc) is 3.28. The number of aromatic nitrogens is 2. The summed E-state index contributed by atoms with van der Waals surface area (Å²) in [7, 11) is 0. The summed E-state index contributed by atoms with van der Waals surface area (Å²) in [5, 5.41) is 25.4. The number of nitrogens with one attached hydrogen (secondary N) is 4. The van der Waals surface area contributed by atoms with Gasteiger partial charge < -0.3 is 36.9 Å². The lowest BCUT2D eigenvalue weighted by atomic mass is 10.0. The molecule has 3 amide bonds. The van der Waals surface area contributed by atoms with Crippen LogP contribution in [0.2, 0.25) is 0 Å². The maximum absolute atomic E-state index is 12.7. The van der Waals surface area contributed by atoms with Crippen molar-refractivity contribution >= 4 is 23.7 Å². The number of imidazole rings is 1. The molecule has 0 aliphatic rings. The Bertz CT molecular complexity index is 905. The van der Waals surface area contributed by atoms with E-state index in [4.69, 9.17) is 10.8 Å². The second-order valence-electron chi connectivity index (χ2n) is 6.99. The van der Waals surface area contributed by atoms with Crippen LogP contribution in [-0.2, 0) is 32.0 Å². The third kappa shape index (κ3) is 7.81. The molecule has 0 bridgehead atoms. The minimum Gasteiger partial charge on any atom is -0.480 e. The molecular weight excluding hydrogens is 420 g/mol. The molecule has 2 aromatic rings. The van der Waals surface area contributed by atoms with Gasteiger partial charge in [-0.05, 0) is 5.56 Å². The SMILES string of the molecule is NC(Cc1cnc[nH]1)C(=O)NC(CO)C(=O)NC(Cc1ccccc1)C(=O)NCC(=O)O. The number of rotatable bonds is 12. The molecule has 1 aromatic carbocycles. The van der Waals surface area contributed by atoms with Gasteiger partial charge in [0.15, 0.2) is 0 Å². The molecule has 0 aliphatic heterocycles. The van der Waals surface area contributed by atoms with Crippen LogP contribution in [0.5, 0.6) is 0 Å². The normalized spacial score (nSPS) is 13.4. The van der Waals surface area contributed by atoms with Gasteiger partial charge in [0, 0.05) is 24.7 Å². The molecule has 3 atom stereocenters. The van der Waals surface area contributed by atoms with Crippen molar-refractivity contribution in [3.63, 3.8) is 0 Å². The van der Waals surface area contributed by atoms with Crippen LogP contribution in [0.15, 0.2) is 42.9 Å². The number of aromatic amines is 1. The van der Waals surface area contributed by atoms with E-state index in [1.54, 1.807) is 30.3 Å². The largest absolute Gasteiger partial charge is 0.480 e. The maximum atomic E-state index is 12.7. The van der Waals surface area contributed by atoms with Crippen LogP contribution in [0, 0.1) is 0 Å². The highest BCUT2D eigenvalue weighted by atomic mass is 16.4. The van der Waals surface area contributed by atoms with E-state index < -0.39 is 55.0 Å². The van der Waals surface area contributed by atoms with Crippen LogP contribution in [-0.4, -0.2) is 75.1 Å². The highest BCUT2D eigenvalue weighted by Gasteiger charge is 2.28. The molecule has 2 rings (SSSR count). The Hall–Kier alpha value is -3.77. The number of carboxylic acid groups (broad SMARTS) is 1. The van der Waals surface area contributed by atoms with Crippen LogP contribution in [0.4, 0.5) is 0 Å². The molecule has 32 heavy (non-hydrogen) atoms. The van der Waals surface area contributed by atoms with Gasteiger partial charge in [-0.1, -0.05) is 30.3 Å². The average molecular weight is 446 g/mol. The van der Waals surface area contributed by atoms with Crippen molar-refractivity contribution in [2.75, 3.05) is 13.2 Å². The lowest BCUT2D eigenvalue weighted by Crippen LogP contribution is -2.57. The molecule has 0 aliphatic carbocycles. The third-order valence-electron chi connectivity index (χ3n) is 4.48. The number of aliphatic hydroxyl groups is 1. The number of aliphatic carboxylic acids is 1. The first-order valence-electron chi connectivity index (χ1n) is 9.78. The van der Waals surface area contributed by atoms with Crippen molar-refractivity contribution in [2.24, 2.45) is 5.73 Å². The Morgan fingerprint density at radius 2 is 1.69 bits per heavy atom. The first kappa shape index (κ1) is 24.5. The lowest BCUT2D eigenvalue weighted by molar-refractivity contribution is -0.138. The summed E-state index contributed by atoms with van der Waals surface area (Å²) in [4.78, 5) is 54.8. The van der Waals surface area contributed by atoms with E-state index in [-0.39, 0.29) is 12.8 Å². The number of hydrogen-bond donors (Lipinski definition) is 7. The number of H-pyrrole nitrogens is 1. The Labute approximate surface area is 183 Å². The van der Waals surface area contributed by atoms with E-state index in [1.165, 1.54) is 12.5 Å². The summed E-state index contributed by atoms with van der Waals surface area (Å²) in [6, 6.07) is 5.27. The molecule has 0 spiro atoms. The summed E-state index contributed by atoms with van der Waals surface area (Å²) in [6.07, 6.45) is 3.16. The summed E-state index contributed by atoms with van der Waals surface area (Å²) < 4.78 is 0. The molecule has 8 N–H and O–H groups in total. The number of nitrogens with zero attached hydrogens (tertiary/aromatic N) is 1. The number of carboxylic acids is 1. The van der Waals surface area contributed by atoms with Crippen molar-refractivity contribution in [1.82, 2.24) is 25.9 Å². The Morgan fingerprint density at radius 1 is 1.00 bits per heavy atom. The lowest BCUT2D eigenvalue weighted by Gasteiger charge is -2.23. The van der Waals surface area contributed by atoms with Gasteiger partial charge in [-0.2, -0.15) is 0 Å². The molecule has 3 unspecified atom stereocenters. The van der Waals surface area contributed by atoms with Gasteiger partial charge in [0.2, 0.25) is 17.7 Å². The van der Waals surface area contributed by atoms with E-state index in [0.717, 1.165) is 5.56 Å². The fraction of sp³-hybridized carbons (Fsp3) is 0.350. The van der Waals surface area contributed by atoms with E-state index >= 15 is 0 Å². The van der Waals surface area contributed by atoms with E-state index in [1.807, 2.05) is 0 Å². The van der Waals surface area contributed by atoms with Crippen LogP contribution < -0.4 is 21.7 Å². The van der Waals surface area contributed by atoms with Crippen LogP contribution in [0.1, 0.15) is 11.3 Å². The van der Waals surface area contributed by atoms with Crippen LogP contribution in [0.3, 0.4) is 0 Å². The standard InChI is InChI=1S/C20H26N6O6/c21-14(7-13-8-22-11-24-13)18(30)26-16(10-27)20(32)25-15(19(31)23-9-17(28)29)6-12-4-2-1-3-5-12/h1-5,8,11,14-16,27H,6-7,9-10,21H2,(H,22,24)(H,23,31)(H,25,32)(H,26,30)(H,28,29). The predicted molar refractivity (Wildman–Crippen MR) is 112 cm³/mol. The highest BCUT2D eigenvalue weighted by molar-refractivity contribution is 5.93. The summed E-state index contributed by atoms with van der Waals surface area (Å²) >= 11 is 0. The fourth-order valence-electron chi connectivity index (χ4n) is 2.82. The third-order valence-corrected chi connectivity index (χ3v) is 4.48. The molecule has 0 radical (unpaired) electrons. The highest BCUT2D eigenvalue weighted by Crippen LogP contribution is 2.04. The molecule has 12 nitrogen and oxygen atoms in total. The van der Waals surface area contributed by atoms with E-state index in [9.17, 15) is 24.3 Å². The maximum Gasteiger partial charge on any atom is 0.322 e. The zero-order valence-electron chi connectivity index (χ0n) is 17.2. The van der Waals surface area contributed by atoms with Gasteiger partial charge in [0.05, 0.1) is 19.0 Å². The second kappa shape index (κ2) is 12.2. The van der Waals surface area contributed by atoms with Gasteiger partial charge >= 0.3 is 5.97 Å². The molecule has 172 valence electrons. The second-order valence-corrected chi connectivity index (χ2v) is 6.99. The number of benzene rings is 1. The zero-order chi connectivity index (χ0) is 23.5. The zero-order valence-corrected chi connectivity index (χ0v) is 17.2. The van der Waals surface area contributed by atoms with Crippen LogP contribution >= 0.6 is 0 Å². The predicted octanol–water partition coefficient (Wildman–Crippen LogP) is -2.32. The molecule has 12 heteroatoms. The number of carbonyl (C=O) groups is 4. The minimum absolute atomic E-state index is 0.0729. The van der Waals surface area contributed by atoms with Gasteiger partial charge in [0.1, 0.15) is 18.6 Å². The van der Waals surface area contributed by atoms with Crippen molar-refractivity contribution in [1.29, 1.82) is 0 Å². The van der Waals surface area contributed by atoms with E-state index in [0.29, 0.717) is 5.69 Å². The number of nitrogens with two attached hydrogens (primary N) is 1. The number of amides is 3. The van der Waals surface area contributed by atoms with Gasteiger partial charge in [-0.3, -0.25) is 19.2 Å². The summed E-state index contributed by atoms with van der Waals surface area (Å²) in [6.45, 7) is -1.36. The monoisotopic (exact) mass is 446 g/mol. The Balaban J connectivity index is 2.03. The molecule has 0 fully saturated rings.